The number of hydrogen-bond acceptors (Lipinski definition) is 10. The Balaban J connectivity index is 0.000000204. The summed E-state index contributed by atoms with van der Waals surface area (Å²) in [5.41, 5.74) is 12.2. The molecule has 2 aliphatic carbocycles. The third kappa shape index (κ3) is 10.6. The van der Waals surface area contributed by atoms with Gasteiger partial charge in [0.15, 0.2) is 0 Å². The molecule has 0 bridgehead atoms. The number of rotatable bonds is 7. The van der Waals surface area contributed by atoms with Crippen molar-refractivity contribution in [3.8, 4) is 0 Å². The number of nitrogens with zero attached hydrogens (tertiary/aromatic N) is 8. The van der Waals surface area contributed by atoms with Crippen molar-refractivity contribution in [2.24, 2.45) is 0 Å². The van der Waals surface area contributed by atoms with Gasteiger partial charge in [0, 0.05) is 108 Å². The first-order valence-electron chi connectivity index (χ1n) is 21.7. The topological polar surface area (TPSA) is 85.7 Å². The summed E-state index contributed by atoms with van der Waals surface area (Å²) in [6.07, 6.45) is 9.35. The molecule has 3 aliphatic heterocycles. The Hall–Kier alpha value is -3.39. The highest BCUT2D eigenvalue weighted by molar-refractivity contribution is 6.45. The number of benzene rings is 2. The predicted octanol–water partition coefficient (Wildman–Crippen LogP) is 7.74. The van der Waals surface area contributed by atoms with E-state index in [9.17, 15) is 10.0 Å². The summed E-state index contributed by atoms with van der Waals surface area (Å²) in [5.74, 6) is 0. The van der Waals surface area contributed by atoms with Crippen LogP contribution in [0.25, 0.3) is 23.3 Å². The van der Waals surface area contributed by atoms with Gasteiger partial charge in [-0.25, -0.2) is 0 Å². The number of hydrogen-bond donors (Lipinski definition) is 2. The molecule has 2 N–H and O–H groups in total. The zero-order chi connectivity index (χ0) is 41.9. The zero-order valence-corrected chi connectivity index (χ0v) is 37.0. The Morgan fingerprint density at radius 2 is 1.05 bits per heavy atom. The molecule has 5 heterocycles. The molecule has 3 fully saturated rings. The van der Waals surface area contributed by atoms with Crippen molar-refractivity contribution in [3.63, 3.8) is 0 Å². The largest absolute Gasteiger partial charge is 0.437 e. The fourth-order valence-electron chi connectivity index (χ4n) is 9.62. The third-order valence-corrected chi connectivity index (χ3v) is 13.6. The van der Waals surface area contributed by atoms with E-state index in [1.54, 1.807) is 0 Å². The molecule has 4 aromatic rings. The van der Waals surface area contributed by atoms with Crippen molar-refractivity contribution in [1.82, 2.24) is 39.2 Å². The Bertz CT molecular complexity index is 2180. The normalized spacial score (nSPS) is 21.1. The number of pyridine rings is 2. The van der Waals surface area contributed by atoms with Crippen molar-refractivity contribution in [1.29, 1.82) is 0 Å². The van der Waals surface area contributed by atoms with Crippen molar-refractivity contribution >= 4 is 60.6 Å². The fraction of sp³-hybridized carbons (Fsp3) is 0.458. The van der Waals surface area contributed by atoms with Crippen molar-refractivity contribution in [2.45, 2.75) is 53.9 Å². The number of aromatic nitrogens is 2. The van der Waals surface area contributed by atoms with Crippen molar-refractivity contribution in [2.75, 3.05) is 92.1 Å². The standard InChI is InChI=1S/C25H33BClN5O.C21H25BClN3O.2CH4/c1-26(33)32-14-12-31(13-15-32)25-22-6-5-21(27)17-23(22)20(16-19-4-3-7-28-24(19)25)18-30-10-8-29(2)9-11-30;1-3-15-13-16-5-4-8-24-20(16)21(18-7-6-17(23)14-19(15)18)25-9-11-26(12-10-25)22(2)27;;/h3-7,16-17,25,33H,8-15,18H2,1-2H3;4-8,13-14,21,27H,3,9-12H2,1-2H3;2*1H4. The van der Waals surface area contributed by atoms with E-state index in [2.05, 4.69) is 91.7 Å². The lowest BCUT2D eigenvalue weighted by molar-refractivity contribution is 0.144. The highest BCUT2D eigenvalue weighted by atomic mass is 35.5. The van der Waals surface area contributed by atoms with E-state index in [-0.39, 0.29) is 26.9 Å². The van der Waals surface area contributed by atoms with Gasteiger partial charge in [-0.1, -0.05) is 69.2 Å². The molecule has 0 saturated carbocycles. The van der Waals surface area contributed by atoms with Gasteiger partial charge in [-0.3, -0.25) is 24.7 Å². The van der Waals surface area contributed by atoms with Crippen LogP contribution >= 0.6 is 23.2 Å². The van der Waals surface area contributed by atoms with Crippen LogP contribution in [0.2, 0.25) is 23.7 Å². The lowest BCUT2D eigenvalue weighted by Gasteiger charge is -2.40. The Morgan fingerprint density at radius 1 is 0.613 bits per heavy atom. The summed E-state index contributed by atoms with van der Waals surface area (Å²) in [6.45, 7) is 18.1. The molecule has 5 aliphatic rings. The number of halogens is 2. The van der Waals surface area contributed by atoms with Crippen LogP contribution < -0.4 is 0 Å². The summed E-state index contributed by atoms with van der Waals surface area (Å²) in [5, 5.41) is 21.5. The van der Waals surface area contributed by atoms with Gasteiger partial charge in [0.25, 0.3) is 0 Å². The minimum Gasteiger partial charge on any atom is -0.437 e. The average Bonchev–Trinajstić information content (AvgIpc) is 3.48. The van der Waals surface area contributed by atoms with E-state index in [0.29, 0.717) is 0 Å². The first-order valence-corrected chi connectivity index (χ1v) is 22.5. The van der Waals surface area contributed by atoms with Crippen LogP contribution in [0, 0.1) is 0 Å². The van der Waals surface area contributed by atoms with Crippen LogP contribution in [-0.4, -0.2) is 155 Å². The zero-order valence-electron chi connectivity index (χ0n) is 35.5. The van der Waals surface area contributed by atoms with Crippen molar-refractivity contribution in [3.05, 3.63) is 128 Å². The van der Waals surface area contributed by atoms with E-state index in [0.717, 1.165) is 113 Å². The molecule has 10 nitrogen and oxygen atoms in total. The van der Waals surface area contributed by atoms with Crippen LogP contribution in [-0.2, 0) is 0 Å². The molecule has 2 unspecified atom stereocenters. The van der Waals surface area contributed by atoms with Crippen molar-refractivity contribution < 1.29 is 10.0 Å². The summed E-state index contributed by atoms with van der Waals surface area (Å²) in [6, 6.07) is 21.2. The first kappa shape index (κ1) is 48.1. The molecule has 2 aromatic carbocycles. The van der Waals surface area contributed by atoms with Gasteiger partial charge in [-0.15, -0.1) is 0 Å². The molecule has 330 valence electrons. The first-order chi connectivity index (χ1) is 29.1. The molecule has 0 amide bonds. The van der Waals surface area contributed by atoms with Crippen LogP contribution in [0.15, 0.2) is 73.1 Å². The van der Waals surface area contributed by atoms with Gasteiger partial charge in [-0.05, 0) is 120 Å². The summed E-state index contributed by atoms with van der Waals surface area (Å²) in [7, 11) is 1.39. The Morgan fingerprint density at radius 3 is 1.48 bits per heavy atom. The van der Waals surface area contributed by atoms with E-state index in [4.69, 9.17) is 33.2 Å². The predicted molar refractivity (Wildman–Crippen MR) is 262 cm³/mol. The molecule has 3 saturated heterocycles. The molecular formula is C48H66B2Cl2N8O2. The summed E-state index contributed by atoms with van der Waals surface area (Å²) in [4.78, 5) is 23.9. The molecular weight excluding hydrogens is 813 g/mol. The molecule has 62 heavy (non-hydrogen) atoms. The number of allylic oxidation sites excluding steroid dienone is 1. The number of fused-ring (bicyclic) bond motifs is 4. The molecule has 2 aromatic heterocycles. The van der Waals surface area contributed by atoms with Crippen LogP contribution in [0.1, 0.15) is 85.1 Å². The monoisotopic (exact) mass is 878 g/mol. The third-order valence-electron chi connectivity index (χ3n) is 13.1. The maximum absolute atomic E-state index is 10.0. The Labute approximate surface area is 382 Å². The maximum Gasteiger partial charge on any atom is 0.376 e. The second-order valence-corrected chi connectivity index (χ2v) is 17.8. The maximum atomic E-state index is 10.0. The van der Waals surface area contributed by atoms with E-state index < -0.39 is 14.1 Å². The van der Waals surface area contributed by atoms with E-state index >= 15 is 0 Å². The summed E-state index contributed by atoms with van der Waals surface area (Å²) < 4.78 is 0. The quantitative estimate of drug-likeness (QED) is 0.180. The van der Waals surface area contributed by atoms with Gasteiger partial charge in [0.05, 0.1) is 23.5 Å². The SMILES string of the molecule is C.C.CB(O)N1CCN(C2c3ccc(Cl)cc3C(CN3CCN(C)CC3)=Cc3cccnc32)CC1.CCC1=Cc2cccnc2C(N2CCN(B(C)O)CC2)c2ccc(Cl)cc21. The summed E-state index contributed by atoms with van der Waals surface area (Å²) >= 11 is 12.9. The van der Waals surface area contributed by atoms with Gasteiger partial charge >= 0.3 is 14.1 Å². The van der Waals surface area contributed by atoms with E-state index in [1.165, 1.54) is 44.5 Å². The van der Waals surface area contributed by atoms with Gasteiger partial charge in [-0.2, -0.15) is 0 Å². The fourth-order valence-corrected chi connectivity index (χ4v) is 9.97. The second kappa shape index (κ2) is 21.5. The number of piperazine rings is 3. The highest BCUT2D eigenvalue weighted by Crippen LogP contribution is 2.42. The minimum absolute atomic E-state index is 0. The number of likely N-dealkylation sites (N-methyl/N-ethyl adjacent to an activating group) is 1. The van der Waals surface area contributed by atoms with Gasteiger partial charge in [0.2, 0.25) is 0 Å². The van der Waals surface area contributed by atoms with E-state index in [1.807, 2.05) is 50.3 Å². The van der Waals surface area contributed by atoms with Gasteiger partial charge in [0.1, 0.15) is 0 Å². The smallest absolute Gasteiger partial charge is 0.376 e. The minimum atomic E-state index is -0.408. The Kier molecular flexibility index (Phi) is 16.7. The van der Waals surface area contributed by atoms with Crippen LogP contribution in [0.4, 0.5) is 0 Å². The molecule has 0 spiro atoms. The molecule has 9 rings (SSSR count). The molecule has 14 heteroatoms. The lowest BCUT2D eigenvalue weighted by Crippen LogP contribution is -2.52. The molecule has 2 atom stereocenters. The molecule has 0 radical (unpaired) electrons. The lowest BCUT2D eigenvalue weighted by atomic mass is 9.84. The average molecular weight is 880 g/mol. The van der Waals surface area contributed by atoms with Crippen LogP contribution in [0.5, 0.6) is 0 Å². The van der Waals surface area contributed by atoms with Crippen LogP contribution in [0.3, 0.4) is 0 Å². The highest BCUT2D eigenvalue weighted by Gasteiger charge is 2.36. The second-order valence-electron chi connectivity index (χ2n) is 16.9. The van der Waals surface area contributed by atoms with Gasteiger partial charge < -0.3 is 24.6 Å².